The van der Waals surface area contributed by atoms with Crippen LogP contribution >= 0.6 is 10.6 Å². The van der Waals surface area contributed by atoms with Gasteiger partial charge in [-0.05, 0) is 12.1 Å². The Morgan fingerprint density at radius 2 is 1.95 bits per heavy atom. The van der Waals surface area contributed by atoms with Crippen LogP contribution in [0.1, 0.15) is 0 Å². The average Bonchev–Trinajstić information content (AvgIpc) is 2.52. The molecule has 19 heavy (non-hydrogen) atoms. The van der Waals surface area contributed by atoms with Crippen LogP contribution in [0.15, 0.2) is 23.1 Å². The van der Waals surface area contributed by atoms with Crippen molar-refractivity contribution in [3.05, 3.63) is 18.2 Å². The van der Waals surface area contributed by atoms with Crippen LogP contribution in [-0.2, 0) is 10.1 Å². The molecule has 0 fully saturated rings. The number of halogens is 3. The predicted molar refractivity (Wildman–Crippen MR) is 58.7 cm³/mol. The van der Waals surface area contributed by atoms with Crippen molar-refractivity contribution in [1.82, 2.24) is 0 Å². The number of hydrogen-bond donors (Lipinski definition) is 2. The van der Waals surface area contributed by atoms with Crippen LogP contribution in [0.25, 0.3) is 0 Å². The molecule has 108 valence electrons. The van der Waals surface area contributed by atoms with Gasteiger partial charge in [-0.3, -0.25) is 9.11 Å². The first-order valence-electron chi connectivity index (χ1n) is 4.56. The lowest BCUT2D eigenvalue weighted by Crippen LogP contribution is -2.28. The highest BCUT2D eigenvalue weighted by atomic mass is 32.3. The highest BCUT2D eigenvalue weighted by Gasteiger charge is 2.48. The maximum atomic E-state index is 12.1. The summed E-state index contributed by atoms with van der Waals surface area (Å²) in [5, 5.41) is 0. The third-order valence-electron chi connectivity index (χ3n) is 2.14. The van der Waals surface area contributed by atoms with Crippen molar-refractivity contribution < 1.29 is 39.6 Å². The van der Waals surface area contributed by atoms with E-state index in [1.54, 1.807) is 0 Å². The number of benzene rings is 1. The minimum atomic E-state index is -5.77. The summed E-state index contributed by atoms with van der Waals surface area (Å²) in [6.45, 7) is 0. The molecule has 0 atom stereocenters. The van der Waals surface area contributed by atoms with Crippen LogP contribution in [0.2, 0.25) is 0 Å². The SMILES string of the molecule is O=S(=O)(Oc1ccc2c(c1)OCS2(O)O)C(F)(F)F. The molecule has 11 heteroatoms. The molecule has 0 amide bonds. The first kappa shape index (κ1) is 14.2. The quantitative estimate of drug-likeness (QED) is 0.642. The van der Waals surface area contributed by atoms with E-state index in [0.29, 0.717) is 0 Å². The smallest absolute Gasteiger partial charge is 0.471 e. The molecule has 0 aliphatic carbocycles. The highest BCUT2D eigenvalue weighted by Crippen LogP contribution is 2.57. The molecule has 6 nitrogen and oxygen atoms in total. The van der Waals surface area contributed by atoms with Gasteiger partial charge in [0.15, 0.2) is 5.94 Å². The van der Waals surface area contributed by atoms with Gasteiger partial charge in [-0.1, -0.05) is 0 Å². The Balaban J connectivity index is 2.31. The van der Waals surface area contributed by atoms with Crippen LogP contribution < -0.4 is 8.92 Å². The van der Waals surface area contributed by atoms with Crippen molar-refractivity contribution in [2.45, 2.75) is 10.4 Å². The Kier molecular flexibility index (Phi) is 3.12. The fourth-order valence-electron chi connectivity index (χ4n) is 1.31. The molecule has 2 N–H and O–H groups in total. The van der Waals surface area contributed by atoms with E-state index in [1.807, 2.05) is 0 Å². The molecular formula is C8H7F3O6S2. The zero-order valence-corrected chi connectivity index (χ0v) is 10.5. The van der Waals surface area contributed by atoms with Crippen molar-refractivity contribution >= 4 is 20.7 Å². The van der Waals surface area contributed by atoms with Crippen molar-refractivity contribution in [3.63, 3.8) is 0 Å². The third kappa shape index (κ3) is 2.59. The van der Waals surface area contributed by atoms with Crippen LogP contribution in [-0.4, -0.2) is 29.0 Å². The van der Waals surface area contributed by atoms with Crippen molar-refractivity contribution in [1.29, 1.82) is 0 Å². The maximum Gasteiger partial charge on any atom is 0.534 e. The van der Waals surface area contributed by atoms with Gasteiger partial charge in [0.25, 0.3) is 0 Å². The molecule has 0 saturated carbocycles. The van der Waals surface area contributed by atoms with Gasteiger partial charge >= 0.3 is 15.6 Å². The lowest BCUT2D eigenvalue weighted by Gasteiger charge is -2.23. The van der Waals surface area contributed by atoms with E-state index >= 15 is 0 Å². The molecule has 0 saturated heterocycles. The summed E-state index contributed by atoms with van der Waals surface area (Å²) in [6.07, 6.45) is 0. The molecule has 1 aromatic carbocycles. The zero-order valence-electron chi connectivity index (χ0n) is 8.92. The summed E-state index contributed by atoms with van der Waals surface area (Å²) in [4.78, 5) is -0.00995. The van der Waals surface area contributed by atoms with Gasteiger partial charge < -0.3 is 8.92 Å². The first-order chi connectivity index (χ1) is 8.53. The van der Waals surface area contributed by atoms with Crippen molar-refractivity contribution in [2.24, 2.45) is 0 Å². The number of alkyl halides is 3. The Bertz CT molecular complexity index is 609. The van der Waals surface area contributed by atoms with Crippen LogP contribution in [0.5, 0.6) is 11.5 Å². The highest BCUT2D eigenvalue weighted by molar-refractivity contribution is 8.24. The topological polar surface area (TPSA) is 93.1 Å². The molecule has 1 heterocycles. The Labute approximate surface area is 107 Å². The normalized spacial score (nSPS) is 19.4. The predicted octanol–water partition coefficient (Wildman–Crippen LogP) is 2.37. The van der Waals surface area contributed by atoms with E-state index in [-0.39, 0.29) is 10.6 Å². The van der Waals surface area contributed by atoms with E-state index in [9.17, 15) is 30.7 Å². The summed E-state index contributed by atoms with van der Waals surface area (Å²) in [7, 11) is -8.91. The summed E-state index contributed by atoms with van der Waals surface area (Å²) in [5.41, 5.74) is -5.55. The summed E-state index contributed by atoms with van der Waals surface area (Å²) < 4.78 is 85.5. The minimum Gasteiger partial charge on any atom is -0.471 e. The Hall–Kier alpha value is -1.17. The standard InChI is InChI=1S/C8H7F3O6S2/c9-8(10,11)19(14,15)17-5-1-2-7-6(3-5)16-4-18(7,12)13/h1-3,12-13H,4H2. The second kappa shape index (κ2) is 4.16. The third-order valence-corrected chi connectivity index (χ3v) is 4.60. The number of rotatable bonds is 2. The Morgan fingerprint density at radius 1 is 1.32 bits per heavy atom. The molecule has 1 aromatic rings. The summed E-state index contributed by atoms with van der Waals surface area (Å²) >= 11 is 0. The second-order valence-corrected chi connectivity index (χ2v) is 7.07. The molecule has 0 aromatic heterocycles. The van der Waals surface area contributed by atoms with E-state index in [0.717, 1.165) is 18.2 Å². The molecule has 2 rings (SSSR count). The fraction of sp³-hybridized carbons (Fsp3) is 0.250. The minimum absolute atomic E-state index is 0.00995. The summed E-state index contributed by atoms with van der Waals surface area (Å²) in [6, 6.07) is 2.77. The molecule has 0 unspecified atom stereocenters. The largest absolute Gasteiger partial charge is 0.534 e. The van der Waals surface area contributed by atoms with Crippen LogP contribution in [0.3, 0.4) is 0 Å². The number of ether oxygens (including phenoxy) is 1. The van der Waals surface area contributed by atoms with Gasteiger partial charge in [0.05, 0.1) is 0 Å². The lowest BCUT2D eigenvalue weighted by molar-refractivity contribution is -0.0500. The molecule has 1 aliphatic rings. The monoisotopic (exact) mass is 320 g/mol. The second-order valence-electron chi connectivity index (χ2n) is 3.52. The molecule has 0 bridgehead atoms. The van der Waals surface area contributed by atoms with Gasteiger partial charge in [0.2, 0.25) is 0 Å². The van der Waals surface area contributed by atoms with Gasteiger partial charge in [0.1, 0.15) is 16.4 Å². The van der Waals surface area contributed by atoms with Gasteiger partial charge in [-0.15, -0.1) is 10.6 Å². The van der Waals surface area contributed by atoms with Crippen LogP contribution in [0, 0.1) is 0 Å². The molecule has 0 radical (unpaired) electrons. The average molecular weight is 320 g/mol. The van der Waals surface area contributed by atoms with Crippen molar-refractivity contribution in [2.75, 3.05) is 5.94 Å². The zero-order chi connectivity index (χ0) is 14.5. The molecule has 0 spiro atoms. The molecular weight excluding hydrogens is 313 g/mol. The van der Waals surface area contributed by atoms with Gasteiger partial charge in [-0.25, -0.2) is 0 Å². The van der Waals surface area contributed by atoms with E-state index in [2.05, 4.69) is 4.18 Å². The van der Waals surface area contributed by atoms with Crippen LogP contribution in [0.4, 0.5) is 13.2 Å². The van der Waals surface area contributed by atoms with Crippen molar-refractivity contribution in [3.8, 4) is 11.5 Å². The van der Waals surface area contributed by atoms with E-state index < -0.39 is 37.9 Å². The Morgan fingerprint density at radius 3 is 2.53 bits per heavy atom. The molecule has 1 aliphatic heterocycles. The van der Waals surface area contributed by atoms with E-state index in [1.165, 1.54) is 0 Å². The van der Waals surface area contributed by atoms with Gasteiger partial charge in [-0.2, -0.15) is 21.6 Å². The fourth-order valence-corrected chi connectivity index (χ4v) is 2.90. The van der Waals surface area contributed by atoms with E-state index in [4.69, 9.17) is 4.74 Å². The summed E-state index contributed by atoms with van der Waals surface area (Å²) in [5.74, 6) is -1.19. The first-order valence-corrected chi connectivity index (χ1v) is 7.69. The maximum absolute atomic E-state index is 12.1. The number of hydrogen-bond acceptors (Lipinski definition) is 6. The van der Waals surface area contributed by atoms with Gasteiger partial charge in [0, 0.05) is 6.07 Å². The number of fused-ring (bicyclic) bond motifs is 1. The lowest BCUT2D eigenvalue weighted by atomic mass is 10.3.